The molecule has 0 aliphatic carbocycles. The maximum atomic E-state index is 11.5. The minimum Gasteiger partial charge on any atom is -0.481 e. The summed E-state index contributed by atoms with van der Waals surface area (Å²) in [5.41, 5.74) is 10.2. The van der Waals surface area contributed by atoms with E-state index in [1.165, 1.54) is 0 Å². The van der Waals surface area contributed by atoms with Crippen LogP contribution in [0.3, 0.4) is 0 Å². The lowest BCUT2D eigenvalue weighted by molar-refractivity contribution is -0.142. The summed E-state index contributed by atoms with van der Waals surface area (Å²) in [5.74, 6) is -2.91. The highest BCUT2D eigenvalue weighted by atomic mass is 16.4. The van der Waals surface area contributed by atoms with E-state index in [9.17, 15) is 14.4 Å². The molecule has 0 saturated carbocycles. The van der Waals surface area contributed by atoms with Gasteiger partial charge in [0.2, 0.25) is 11.8 Å². The second-order valence-corrected chi connectivity index (χ2v) is 5.82. The van der Waals surface area contributed by atoms with Gasteiger partial charge in [0.15, 0.2) is 0 Å². The summed E-state index contributed by atoms with van der Waals surface area (Å²) in [6.07, 6.45) is 0.163. The average Bonchev–Trinajstić information content (AvgIpc) is 2.20. The highest BCUT2D eigenvalue weighted by molar-refractivity contribution is 5.87. The Hall–Kier alpha value is -1.63. The normalized spacial score (nSPS) is 14.5. The number of aliphatic carboxylic acids is 1. The van der Waals surface area contributed by atoms with Crippen LogP contribution in [0.5, 0.6) is 0 Å². The van der Waals surface area contributed by atoms with Crippen LogP contribution in [0.25, 0.3) is 0 Å². The number of primary amides is 1. The van der Waals surface area contributed by atoms with Gasteiger partial charge in [-0.3, -0.25) is 14.4 Å². The van der Waals surface area contributed by atoms with Gasteiger partial charge in [-0.05, 0) is 11.8 Å². The number of hydrogen-bond acceptors (Lipinski definition) is 4. The maximum absolute atomic E-state index is 11.5. The van der Waals surface area contributed by atoms with Crippen LogP contribution >= 0.6 is 0 Å². The van der Waals surface area contributed by atoms with Gasteiger partial charge in [0, 0.05) is 6.54 Å². The van der Waals surface area contributed by atoms with E-state index in [2.05, 4.69) is 5.32 Å². The predicted octanol–water partition coefficient (Wildman–Crippen LogP) is -0.558. The van der Waals surface area contributed by atoms with Gasteiger partial charge in [0.1, 0.15) is 0 Å². The monoisotopic (exact) mass is 273 g/mol. The highest BCUT2D eigenvalue weighted by Crippen LogP contribution is 2.24. The van der Waals surface area contributed by atoms with Crippen molar-refractivity contribution in [3.05, 3.63) is 0 Å². The fourth-order valence-electron chi connectivity index (χ4n) is 1.65. The van der Waals surface area contributed by atoms with Crippen LogP contribution in [0, 0.1) is 11.3 Å². The molecule has 0 aliphatic rings. The zero-order valence-corrected chi connectivity index (χ0v) is 11.6. The summed E-state index contributed by atoms with van der Waals surface area (Å²) < 4.78 is 0. The van der Waals surface area contributed by atoms with Crippen LogP contribution in [-0.4, -0.2) is 35.5 Å². The quantitative estimate of drug-likeness (QED) is 0.493. The van der Waals surface area contributed by atoms with Crippen LogP contribution in [-0.2, 0) is 14.4 Å². The molecule has 0 aliphatic heterocycles. The summed E-state index contributed by atoms with van der Waals surface area (Å²) >= 11 is 0. The van der Waals surface area contributed by atoms with E-state index < -0.39 is 29.7 Å². The Morgan fingerprint density at radius 2 is 1.79 bits per heavy atom. The summed E-state index contributed by atoms with van der Waals surface area (Å²) in [7, 11) is 0. The second-order valence-electron chi connectivity index (χ2n) is 5.82. The van der Waals surface area contributed by atoms with Crippen molar-refractivity contribution >= 4 is 17.8 Å². The molecule has 0 fully saturated rings. The Labute approximate surface area is 112 Å². The van der Waals surface area contributed by atoms with E-state index in [0.717, 1.165) is 0 Å². The zero-order valence-electron chi connectivity index (χ0n) is 11.6. The van der Waals surface area contributed by atoms with Gasteiger partial charge < -0.3 is 21.9 Å². The van der Waals surface area contributed by atoms with Crippen LogP contribution in [0.4, 0.5) is 0 Å². The van der Waals surface area contributed by atoms with Crippen molar-refractivity contribution < 1.29 is 19.5 Å². The Morgan fingerprint density at radius 3 is 2.16 bits per heavy atom. The Bertz CT molecular complexity index is 349. The van der Waals surface area contributed by atoms with E-state index in [1.807, 2.05) is 20.8 Å². The summed E-state index contributed by atoms with van der Waals surface area (Å²) in [4.78, 5) is 33.2. The van der Waals surface area contributed by atoms with Crippen LogP contribution in [0.1, 0.15) is 33.6 Å². The third-order valence-electron chi connectivity index (χ3n) is 2.49. The number of nitrogens with one attached hydrogen (secondary N) is 1. The summed E-state index contributed by atoms with van der Waals surface area (Å²) in [6.45, 7) is 5.74. The standard InChI is InChI=1S/C12H23N3O4/c1-12(2,3)5-7(11(18)19)6-15-10(17)8(13)4-9(14)16/h7-8H,4-6,13H2,1-3H3,(H2,14,16)(H,15,17)(H,18,19). The maximum Gasteiger partial charge on any atom is 0.308 e. The average molecular weight is 273 g/mol. The lowest BCUT2D eigenvalue weighted by Gasteiger charge is -2.23. The SMILES string of the molecule is CC(C)(C)CC(CNC(=O)C(N)CC(N)=O)C(=O)O. The number of carbonyl (C=O) groups excluding carboxylic acids is 2. The van der Waals surface area contributed by atoms with Crippen molar-refractivity contribution in [2.75, 3.05) is 6.54 Å². The van der Waals surface area contributed by atoms with Crippen molar-refractivity contribution in [1.29, 1.82) is 0 Å². The molecule has 0 bridgehead atoms. The molecule has 19 heavy (non-hydrogen) atoms. The number of nitrogens with two attached hydrogens (primary N) is 2. The molecule has 0 aromatic heterocycles. The van der Waals surface area contributed by atoms with Crippen molar-refractivity contribution in [3.8, 4) is 0 Å². The van der Waals surface area contributed by atoms with Gasteiger partial charge in [0.25, 0.3) is 0 Å². The molecule has 2 amide bonds. The molecule has 6 N–H and O–H groups in total. The summed E-state index contributed by atoms with van der Waals surface area (Å²) in [6, 6.07) is -1.04. The molecule has 0 aromatic carbocycles. The lowest BCUT2D eigenvalue weighted by Crippen LogP contribution is -2.45. The fourth-order valence-corrected chi connectivity index (χ4v) is 1.65. The number of carboxylic acids is 1. The molecule has 2 atom stereocenters. The van der Waals surface area contributed by atoms with Crippen LogP contribution in [0.2, 0.25) is 0 Å². The second kappa shape index (κ2) is 7.08. The first-order valence-corrected chi connectivity index (χ1v) is 6.07. The fraction of sp³-hybridized carbons (Fsp3) is 0.750. The van der Waals surface area contributed by atoms with E-state index in [1.54, 1.807) is 0 Å². The predicted molar refractivity (Wildman–Crippen MR) is 70.0 cm³/mol. The molecule has 0 heterocycles. The van der Waals surface area contributed by atoms with Crippen molar-refractivity contribution in [1.82, 2.24) is 5.32 Å². The van der Waals surface area contributed by atoms with E-state index >= 15 is 0 Å². The van der Waals surface area contributed by atoms with E-state index in [4.69, 9.17) is 16.6 Å². The largest absolute Gasteiger partial charge is 0.481 e. The molecule has 0 rings (SSSR count). The van der Waals surface area contributed by atoms with Crippen LogP contribution in [0.15, 0.2) is 0 Å². The Morgan fingerprint density at radius 1 is 1.26 bits per heavy atom. The van der Waals surface area contributed by atoms with Crippen molar-refractivity contribution in [2.24, 2.45) is 22.8 Å². The van der Waals surface area contributed by atoms with Crippen molar-refractivity contribution in [2.45, 2.75) is 39.7 Å². The van der Waals surface area contributed by atoms with E-state index in [-0.39, 0.29) is 18.4 Å². The molecule has 7 heteroatoms. The van der Waals surface area contributed by atoms with Gasteiger partial charge in [0.05, 0.1) is 18.4 Å². The van der Waals surface area contributed by atoms with Gasteiger partial charge >= 0.3 is 5.97 Å². The molecule has 110 valence electrons. The number of carbonyl (C=O) groups is 3. The van der Waals surface area contributed by atoms with Gasteiger partial charge in [-0.2, -0.15) is 0 Å². The minimum absolute atomic E-state index is 0.0160. The molecule has 7 nitrogen and oxygen atoms in total. The Balaban J connectivity index is 4.37. The molecule has 0 radical (unpaired) electrons. The first-order valence-electron chi connectivity index (χ1n) is 6.07. The van der Waals surface area contributed by atoms with Crippen molar-refractivity contribution in [3.63, 3.8) is 0 Å². The third kappa shape index (κ3) is 8.15. The molecule has 0 aromatic rings. The Kier molecular flexibility index (Phi) is 6.47. The van der Waals surface area contributed by atoms with Crippen LogP contribution < -0.4 is 16.8 Å². The van der Waals surface area contributed by atoms with Gasteiger partial charge in [-0.1, -0.05) is 20.8 Å². The number of hydrogen-bond donors (Lipinski definition) is 4. The van der Waals surface area contributed by atoms with Gasteiger partial charge in [-0.15, -0.1) is 0 Å². The number of carboxylic acid groups (broad SMARTS) is 1. The minimum atomic E-state index is -1.04. The first kappa shape index (κ1) is 17.4. The molecule has 0 saturated heterocycles. The first-order chi connectivity index (χ1) is 8.53. The molecule has 0 spiro atoms. The smallest absolute Gasteiger partial charge is 0.308 e. The highest BCUT2D eigenvalue weighted by Gasteiger charge is 2.26. The number of amides is 2. The molecular formula is C12H23N3O4. The molecule has 2 unspecified atom stereocenters. The number of rotatable bonds is 7. The topological polar surface area (TPSA) is 136 Å². The van der Waals surface area contributed by atoms with Gasteiger partial charge in [-0.25, -0.2) is 0 Å². The molecular weight excluding hydrogens is 250 g/mol. The van der Waals surface area contributed by atoms with E-state index in [0.29, 0.717) is 6.42 Å². The third-order valence-corrected chi connectivity index (χ3v) is 2.49. The zero-order chi connectivity index (χ0) is 15.2. The lowest BCUT2D eigenvalue weighted by atomic mass is 9.84. The summed E-state index contributed by atoms with van der Waals surface area (Å²) in [5, 5.41) is 11.5.